The SMILES string of the molecule is COc1ccc(C(C)C)cc1CC(NC(=O)OC(C)(C)C)C(=O)O. The average molecular weight is 337 g/mol. The van der Waals surface area contributed by atoms with E-state index in [1.165, 1.54) is 7.11 Å². The van der Waals surface area contributed by atoms with Crippen LogP contribution in [-0.4, -0.2) is 35.9 Å². The predicted octanol–water partition coefficient (Wildman–Crippen LogP) is 3.34. The molecule has 0 heterocycles. The van der Waals surface area contributed by atoms with Crippen LogP contribution in [0, 0.1) is 0 Å². The molecule has 0 saturated carbocycles. The number of hydrogen-bond donors (Lipinski definition) is 2. The Morgan fingerprint density at radius 3 is 2.33 bits per heavy atom. The van der Waals surface area contributed by atoms with Crippen molar-refractivity contribution in [3.05, 3.63) is 29.3 Å². The van der Waals surface area contributed by atoms with Crippen molar-refractivity contribution in [2.24, 2.45) is 0 Å². The largest absolute Gasteiger partial charge is 0.496 e. The van der Waals surface area contributed by atoms with Gasteiger partial charge in [0.05, 0.1) is 7.11 Å². The normalized spacial score (nSPS) is 12.6. The monoisotopic (exact) mass is 337 g/mol. The van der Waals surface area contributed by atoms with Gasteiger partial charge in [-0.15, -0.1) is 0 Å². The fourth-order valence-electron chi connectivity index (χ4n) is 2.19. The second kappa shape index (κ2) is 8.04. The molecule has 1 aromatic rings. The van der Waals surface area contributed by atoms with Crippen LogP contribution in [0.3, 0.4) is 0 Å². The summed E-state index contributed by atoms with van der Waals surface area (Å²) in [7, 11) is 1.53. The van der Waals surface area contributed by atoms with Crippen LogP contribution in [-0.2, 0) is 16.0 Å². The van der Waals surface area contributed by atoms with Crippen molar-refractivity contribution < 1.29 is 24.2 Å². The summed E-state index contributed by atoms with van der Waals surface area (Å²) in [6, 6.07) is 4.58. The van der Waals surface area contributed by atoms with Crippen LogP contribution >= 0.6 is 0 Å². The first kappa shape index (κ1) is 19.8. The molecule has 0 aromatic heterocycles. The number of alkyl carbamates (subject to hydrolysis) is 1. The van der Waals surface area contributed by atoms with Crippen LogP contribution in [0.25, 0.3) is 0 Å². The number of methoxy groups -OCH3 is 1. The van der Waals surface area contributed by atoms with E-state index in [1.54, 1.807) is 20.8 Å². The summed E-state index contributed by atoms with van der Waals surface area (Å²) in [6.45, 7) is 9.27. The van der Waals surface area contributed by atoms with Crippen LogP contribution < -0.4 is 10.1 Å². The van der Waals surface area contributed by atoms with E-state index in [1.807, 2.05) is 18.2 Å². The number of carbonyl (C=O) groups is 2. The van der Waals surface area contributed by atoms with Gasteiger partial charge in [0, 0.05) is 6.42 Å². The first-order chi connectivity index (χ1) is 11.0. The smallest absolute Gasteiger partial charge is 0.408 e. The zero-order valence-corrected chi connectivity index (χ0v) is 15.2. The lowest BCUT2D eigenvalue weighted by atomic mass is 9.97. The molecule has 1 aromatic carbocycles. The number of nitrogens with one attached hydrogen (secondary N) is 1. The van der Waals surface area contributed by atoms with Gasteiger partial charge in [0.25, 0.3) is 0 Å². The summed E-state index contributed by atoms with van der Waals surface area (Å²) >= 11 is 0. The minimum absolute atomic E-state index is 0.109. The van der Waals surface area contributed by atoms with Crippen LogP contribution in [0.15, 0.2) is 18.2 Å². The molecule has 0 bridgehead atoms. The van der Waals surface area contributed by atoms with E-state index in [4.69, 9.17) is 9.47 Å². The van der Waals surface area contributed by atoms with Crippen molar-refractivity contribution in [2.75, 3.05) is 7.11 Å². The van der Waals surface area contributed by atoms with E-state index in [2.05, 4.69) is 19.2 Å². The summed E-state index contributed by atoms with van der Waals surface area (Å²) in [4.78, 5) is 23.4. The fourth-order valence-corrected chi connectivity index (χ4v) is 2.19. The zero-order valence-electron chi connectivity index (χ0n) is 15.2. The topological polar surface area (TPSA) is 84.9 Å². The minimum atomic E-state index is -1.13. The maximum atomic E-state index is 11.9. The number of benzene rings is 1. The molecular formula is C18H27NO5. The van der Waals surface area contributed by atoms with Crippen molar-refractivity contribution in [3.8, 4) is 5.75 Å². The number of carboxylic acids is 1. The van der Waals surface area contributed by atoms with Gasteiger partial charge in [0.1, 0.15) is 17.4 Å². The van der Waals surface area contributed by atoms with E-state index in [0.29, 0.717) is 11.7 Å². The molecule has 134 valence electrons. The quantitative estimate of drug-likeness (QED) is 0.831. The standard InChI is InChI=1S/C18H27NO5/c1-11(2)12-7-8-15(23-6)13(9-12)10-14(16(20)21)19-17(22)24-18(3,4)5/h7-9,11,14H,10H2,1-6H3,(H,19,22)(H,20,21). The molecule has 2 N–H and O–H groups in total. The van der Waals surface area contributed by atoms with E-state index in [9.17, 15) is 14.7 Å². The second-order valence-electron chi connectivity index (χ2n) is 6.97. The van der Waals surface area contributed by atoms with E-state index in [0.717, 1.165) is 11.1 Å². The van der Waals surface area contributed by atoms with E-state index in [-0.39, 0.29) is 6.42 Å². The molecule has 0 aliphatic carbocycles. The Hall–Kier alpha value is -2.24. The molecule has 0 spiro atoms. The third kappa shape index (κ3) is 6.10. The van der Waals surface area contributed by atoms with Gasteiger partial charge < -0.3 is 19.9 Å². The third-order valence-electron chi connectivity index (χ3n) is 3.38. The van der Waals surface area contributed by atoms with Crippen molar-refractivity contribution in [3.63, 3.8) is 0 Å². The minimum Gasteiger partial charge on any atom is -0.496 e. The molecule has 1 atom stereocenters. The Bertz CT molecular complexity index is 590. The first-order valence-electron chi connectivity index (χ1n) is 7.92. The lowest BCUT2D eigenvalue weighted by Crippen LogP contribution is -2.44. The van der Waals surface area contributed by atoms with E-state index < -0.39 is 23.7 Å². The number of rotatable bonds is 6. The number of aliphatic carboxylic acids is 1. The van der Waals surface area contributed by atoms with Gasteiger partial charge in [-0.25, -0.2) is 9.59 Å². The number of carboxylic acid groups (broad SMARTS) is 1. The Balaban J connectivity index is 2.98. The lowest BCUT2D eigenvalue weighted by molar-refractivity contribution is -0.139. The molecule has 0 radical (unpaired) electrons. The van der Waals surface area contributed by atoms with Gasteiger partial charge in [-0.05, 0) is 43.9 Å². The summed E-state index contributed by atoms with van der Waals surface area (Å²) in [5.74, 6) is -0.230. The Morgan fingerprint density at radius 1 is 1.25 bits per heavy atom. The van der Waals surface area contributed by atoms with Gasteiger partial charge in [0.2, 0.25) is 0 Å². The second-order valence-corrected chi connectivity index (χ2v) is 6.97. The molecule has 6 nitrogen and oxygen atoms in total. The molecule has 1 unspecified atom stereocenters. The fraction of sp³-hybridized carbons (Fsp3) is 0.556. The number of hydrogen-bond acceptors (Lipinski definition) is 4. The number of carbonyl (C=O) groups excluding carboxylic acids is 1. The van der Waals surface area contributed by atoms with Crippen molar-refractivity contribution in [1.82, 2.24) is 5.32 Å². The third-order valence-corrected chi connectivity index (χ3v) is 3.38. The molecule has 1 rings (SSSR count). The van der Waals surface area contributed by atoms with Crippen LogP contribution in [0.4, 0.5) is 4.79 Å². The molecule has 0 aliphatic heterocycles. The predicted molar refractivity (Wildman–Crippen MR) is 91.6 cm³/mol. The van der Waals surface area contributed by atoms with Gasteiger partial charge in [-0.2, -0.15) is 0 Å². The van der Waals surface area contributed by atoms with Crippen molar-refractivity contribution in [1.29, 1.82) is 0 Å². The lowest BCUT2D eigenvalue weighted by Gasteiger charge is -2.22. The van der Waals surface area contributed by atoms with E-state index >= 15 is 0 Å². The van der Waals surface area contributed by atoms with Crippen LogP contribution in [0.2, 0.25) is 0 Å². The molecule has 0 saturated heterocycles. The highest BCUT2D eigenvalue weighted by Crippen LogP contribution is 2.25. The first-order valence-corrected chi connectivity index (χ1v) is 7.92. The Morgan fingerprint density at radius 2 is 1.88 bits per heavy atom. The highest BCUT2D eigenvalue weighted by atomic mass is 16.6. The molecule has 1 amide bonds. The maximum Gasteiger partial charge on any atom is 0.408 e. The summed E-state index contributed by atoms with van der Waals surface area (Å²) in [5.41, 5.74) is 1.11. The highest BCUT2D eigenvalue weighted by Gasteiger charge is 2.25. The van der Waals surface area contributed by atoms with Crippen molar-refractivity contribution in [2.45, 2.75) is 58.6 Å². The Labute approximate surface area is 143 Å². The van der Waals surface area contributed by atoms with Crippen LogP contribution in [0.1, 0.15) is 51.7 Å². The van der Waals surface area contributed by atoms with Crippen molar-refractivity contribution >= 4 is 12.1 Å². The van der Waals surface area contributed by atoms with Gasteiger partial charge in [-0.1, -0.05) is 26.0 Å². The maximum absolute atomic E-state index is 11.9. The van der Waals surface area contributed by atoms with Crippen LogP contribution in [0.5, 0.6) is 5.75 Å². The molecule has 0 fully saturated rings. The highest BCUT2D eigenvalue weighted by molar-refractivity contribution is 5.80. The molecular weight excluding hydrogens is 310 g/mol. The van der Waals surface area contributed by atoms with Gasteiger partial charge >= 0.3 is 12.1 Å². The van der Waals surface area contributed by atoms with Gasteiger partial charge in [-0.3, -0.25) is 0 Å². The molecule has 24 heavy (non-hydrogen) atoms. The summed E-state index contributed by atoms with van der Waals surface area (Å²) in [6.07, 6.45) is -0.646. The number of ether oxygens (including phenoxy) is 2. The molecule has 0 aliphatic rings. The summed E-state index contributed by atoms with van der Waals surface area (Å²) in [5, 5.41) is 11.8. The number of amides is 1. The average Bonchev–Trinajstić information content (AvgIpc) is 2.44. The van der Waals surface area contributed by atoms with Gasteiger partial charge in [0.15, 0.2) is 0 Å². The summed E-state index contributed by atoms with van der Waals surface area (Å²) < 4.78 is 10.4. The Kier molecular flexibility index (Phi) is 6.63. The zero-order chi connectivity index (χ0) is 18.5. The molecule has 6 heteroatoms.